The molecule has 0 bridgehead atoms. The van der Waals surface area contributed by atoms with E-state index in [2.05, 4.69) is 15.8 Å². The van der Waals surface area contributed by atoms with Crippen molar-refractivity contribution in [3.05, 3.63) is 41.1 Å². The summed E-state index contributed by atoms with van der Waals surface area (Å²) in [5.41, 5.74) is 0. The van der Waals surface area contributed by atoms with Crippen LogP contribution in [0.5, 0.6) is 5.75 Å². The fraction of sp³-hybridized carbons (Fsp3) is 0.267. The van der Waals surface area contributed by atoms with Crippen molar-refractivity contribution < 1.29 is 18.8 Å². The van der Waals surface area contributed by atoms with Crippen molar-refractivity contribution in [1.29, 1.82) is 0 Å². The average Bonchev–Trinajstić information content (AvgIpc) is 2.91. The molecule has 2 rings (SSSR count). The highest BCUT2D eigenvalue weighted by Crippen LogP contribution is 2.15. The van der Waals surface area contributed by atoms with Crippen LogP contribution in [-0.4, -0.2) is 29.6 Å². The largest absolute Gasteiger partial charge is 0.484 e. The van der Waals surface area contributed by atoms with E-state index in [4.69, 9.17) is 20.9 Å². The van der Waals surface area contributed by atoms with Gasteiger partial charge < -0.3 is 19.9 Å². The van der Waals surface area contributed by atoms with Crippen molar-refractivity contribution in [3.8, 4) is 5.75 Å². The molecular weight excluding hydrogens is 322 g/mol. The fourth-order valence-electron chi connectivity index (χ4n) is 1.69. The number of nitrogens with one attached hydrogen (secondary N) is 2. The van der Waals surface area contributed by atoms with Crippen molar-refractivity contribution in [1.82, 2.24) is 10.5 Å². The molecule has 1 aromatic heterocycles. The van der Waals surface area contributed by atoms with Gasteiger partial charge in [-0.2, -0.15) is 0 Å². The van der Waals surface area contributed by atoms with Gasteiger partial charge in [-0.05, 0) is 38.1 Å². The molecule has 2 amide bonds. The van der Waals surface area contributed by atoms with Gasteiger partial charge in [-0.3, -0.25) is 9.59 Å². The molecule has 0 saturated carbocycles. The van der Waals surface area contributed by atoms with E-state index in [1.807, 2.05) is 0 Å². The van der Waals surface area contributed by atoms with Crippen LogP contribution in [-0.2, 0) is 9.59 Å². The number of anilines is 1. The van der Waals surface area contributed by atoms with Crippen molar-refractivity contribution in [3.63, 3.8) is 0 Å². The lowest BCUT2D eigenvalue weighted by Gasteiger charge is -2.13. The Balaban J connectivity index is 1.77. The normalized spacial score (nSPS) is 11.6. The summed E-state index contributed by atoms with van der Waals surface area (Å²) in [5.74, 6) is 0.566. The number of ether oxygens (including phenoxy) is 1. The van der Waals surface area contributed by atoms with Gasteiger partial charge in [0.25, 0.3) is 5.91 Å². The Hall–Kier alpha value is -2.54. The Kier molecular flexibility index (Phi) is 5.59. The molecule has 0 radical (unpaired) electrons. The van der Waals surface area contributed by atoms with Crippen LogP contribution < -0.4 is 15.4 Å². The number of hydrogen-bond acceptors (Lipinski definition) is 5. The number of amides is 2. The minimum Gasteiger partial charge on any atom is -0.484 e. The number of aromatic nitrogens is 1. The van der Waals surface area contributed by atoms with E-state index in [9.17, 15) is 9.59 Å². The van der Waals surface area contributed by atoms with Gasteiger partial charge in [0.15, 0.2) is 12.4 Å². The number of nitrogens with zero attached hydrogens (tertiary/aromatic N) is 1. The maximum atomic E-state index is 11.9. The molecule has 0 aliphatic carbocycles. The number of benzene rings is 1. The van der Waals surface area contributed by atoms with E-state index in [0.717, 1.165) is 0 Å². The average molecular weight is 338 g/mol. The number of halogens is 1. The summed E-state index contributed by atoms with van der Waals surface area (Å²) < 4.78 is 10.1. The first-order valence-corrected chi connectivity index (χ1v) is 7.24. The van der Waals surface area contributed by atoms with Crippen molar-refractivity contribution in [2.75, 3.05) is 11.9 Å². The predicted octanol–water partition coefficient (Wildman–Crippen LogP) is 2.16. The molecular formula is C15H16ClN3O4. The smallest absolute Gasteiger partial charge is 0.258 e. The zero-order valence-corrected chi connectivity index (χ0v) is 13.4. The van der Waals surface area contributed by atoms with E-state index >= 15 is 0 Å². The van der Waals surface area contributed by atoms with Gasteiger partial charge in [0, 0.05) is 11.1 Å². The highest BCUT2D eigenvalue weighted by molar-refractivity contribution is 6.30. The number of rotatable bonds is 6. The molecule has 1 aromatic carbocycles. The highest BCUT2D eigenvalue weighted by Gasteiger charge is 2.17. The molecule has 1 atom stereocenters. The molecule has 7 nitrogen and oxygen atoms in total. The van der Waals surface area contributed by atoms with Crippen LogP contribution in [0.3, 0.4) is 0 Å². The van der Waals surface area contributed by atoms with Gasteiger partial charge in [0.2, 0.25) is 5.91 Å². The van der Waals surface area contributed by atoms with Crippen molar-refractivity contribution in [2.24, 2.45) is 0 Å². The Morgan fingerprint density at radius 1 is 1.35 bits per heavy atom. The summed E-state index contributed by atoms with van der Waals surface area (Å²) in [5, 5.41) is 9.29. The lowest BCUT2D eigenvalue weighted by Crippen LogP contribution is -2.43. The summed E-state index contributed by atoms with van der Waals surface area (Å²) in [6.07, 6.45) is 0. The van der Waals surface area contributed by atoms with E-state index in [-0.39, 0.29) is 6.61 Å². The molecule has 0 aliphatic heterocycles. The quantitative estimate of drug-likeness (QED) is 0.842. The fourth-order valence-corrected chi connectivity index (χ4v) is 1.81. The summed E-state index contributed by atoms with van der Waals surface area (Å²) in [7, 11) is 0. The van der Waals surface area contributed by atoms with Crippen LogP contribution >= 0.6 is 11.6 Å². The summed E-state index contributed by atoms with van der Waals surface area (Å²) in [4.78, 5) is 23.7. The monoisotopic (exact) mass is 337 g/mol. The summed E-state index contributed by atoms with van der Waals surface area (Å²) >= 11 is 5.75. The third-order valence-electron chi connectivity index (χ3n) is 2.83. The van der Waals surface area contributed by atoms with E-state index < -0.39 is 17.9 Å². The first kappa shape index (κ1) is 16.8. The van der Waals surface area contributed by atoms with Gasteiger partial charge in [-0.25, -0.2) is 0 Å². The highest BCUT2D eigenvalue weighted by atomic mass is 35.5. The standard InChI is InChI=1S/C15H16ClN3O4/c1-9-7-13(19-23-9)18-15(21)10(2)17-14(20)8-22-12-5-3-11(16)4-6-12/h3-7,10H,8H2,1-2H3,(H,17,20)(H,18,19,21)/t10-/m0/s1. The molecule has 0 aliphatic rings. The Morgan fingerprint density at radius 3 is 2.65 bits per heavy atom. The van der Waals surface area contributed by atoms with Crippen LogP contribution in [0.2, 0.25) is 5.02 Å². The molecule has 0 unspecified atom stereocenters. The number of aryl methyl sites for hydroxylation is 1. The van der Waals surface area contributed by atoms with Crippen molar-refractivity contribution >= 4 is 29.2 Å². The third kappa shape index (κ3) is 5.30. The number of carbonyl (C=O) groups is 2. The molecule has 23 heavy (non-hydrogen) atoms. The maximum Gasteiger partial charge on any atom is 0.258 e. The van der Waals surface area contributed by atoms with E-state index in [1.54, 1.807) is 44.2 Å². The van der Waals surface area contributed by atoms with Gasteiger partial charge in [-0.15, -0.1) is 0 Å². The first-order chi connectivity index (χ1) is 10.9. The molecule has 0 fully saturated rings. The Morgan fingerprint density at radius 2 is 2.04 bits per heavy atom. The van der Waals surface area contributed by atoms with Gasteiger partial charge >= 0.3 is 0 Å². The second kappa shape index (κ2) is 7.64. The number of hydrogen-bond donors (Lipinski definition) is 2. The summed E-state index contributed by atoms with van der Waals surface area (Å²) in [6.45, 7) is 3.06. The van der Waals surface area contributed by atoms with Crippen molar-refractivity contribution in [2.45, 2.75) is 19.9 Å². The topological polar surface area (TPSA) is 93.5 Å². The zero-order chi connectivity index (χ0) is 16.8. The third-order valence-corrected chi connectivity index (χ3v) is 3.09. The molecule has 2 N–H and O–H groups in total. The van der Waals surface area contributed by atoms with E-state index in [0.29, 0.717) is 22.4 Å². The van der Waals surface area contributed by atoms with Gasteiger partial charge in [0.1, 0.15) is 17.6 Å². The molecule has 8 heteroatoms. The SMILES string of the molecule is Cc1cc(NC(=O)[C@H](C)NC(=O)COc2ccc(Cl)cc2)no1. The van der Waals surface area contributed by atoms with Crippen LogP contribution in [0, 0.1) is 6.92 Å². The lowest BCUT2D eigenvalue weighted by atomic mass is 10.3. The zero-order valence-electron chi connectivity index (χ0n) is 12.6. The predicted molar refractivity (Wildman–Crippen MR) is 84.4 cm³/mol. The Labute approximate surface area is 137 Å². The van der Waals surface area contributed by atoms with Crippen LogP contribution in [0.4, 0.5) is 5.82 Å². The maximum absolute atomic E-state index is 11.9. The van der Waals surface area contributed by atoms with Crippen LogP contribution in [0.25, 0.3) is 0 Å². The van der Waals surface area contributed by atoms with Gasteiger partial charge in [0.05, 0.1) is 0 Å². The first-order valence-electron chi connectivity index (χ1n) is 6.86. The minimum absolute atomic E-state index is 0.206. The van der Waals surface area contributed by atoms with E-state index in [1.165, 1.54) is 0 Å². The lowest BCUT2D eigenvalue weighted by molar-refractivity contribution is -0.127. The minimum atomic E-state index is -0.742. The molecule has 0 saturated heterocycles. The number of carbonyl (C=O) groups excluding carboxylic acids is 2. The van der Waals surface area contributed by atoms with Crippen LogP contribution in [0.1, 0.15) is 12.7 Å². The molecule has 1 heterocycles. The Bertz CT molecular complexity index is 684. The van der Waals surface area contributed by atoms with Gasteiger partial charge in [-0.1, -0.05) is 16.8 Å². The molecule has 2 aromatic rings. The summed E-state index contributed by atoms with van der Waals surface area (Å²) in [6, 6.07) is 7.46. The second-order valence-electron chi connectivity index (χ2n) is 4.84. The molecule has 0 spiro atoms. The molecule has 122 valence electrons. The second-order valence-corrected chi connectivity index (χ2v) is 5.28. The van der Waals surface area contributed by atoms with Crippen LogP contribution in [0.15, 0.2) is 34.9 Å².